The molecule has 2 aromatic carbocycles. The molecule has 0 spiro atoms. The SMILES string of the molecule is CCCCCCCCCCCCCCCCC(C(=O)O)c1cc(OCC)cc(OC)c1C(=O)CCc1ccc(OC)cc1. The topological polar surface area (TPSA) is 82.1 Å². The number of hydrogen-bond acceptors (Lipinski definition) is 5. The first-order chi connectivity index (χ1) is 20.9. The Kier molecular flexibility index (Phi) is 18.2. The number of methoxy groups -OCH3 is 2. The molecule has 1 unspecified atom stereocenters. The normalized spacial score (nSPS) is 11.7. The summed E-state index contributed by atoms with van der Waals surface area (Å²) in [7, 11) is 3.13. The fourth-order valence-corrected chi connectivity index (χ4v) is 5.73. The van der Waals surface area contributed by atoms with Gasteiger partial charge < -0.3 is 19.3 Å². The van der Waals surface area contributed by atoms with Crippen molar-refractivity contribution in [1.82, 2.24) is 0 Å². The van der Waals surface area contributed by atoms with Crippen LogP contribution in [-0.2, 0) is 11.2 Å². The maximum atomic E-state index is 13.6. The Morgan fingerprint density at radius 1 is 0.721 bits per heavy atom. The van der Waals surface area contributed by atoms with Crippen LogP contribution in [0, 0.1) is 0 Å². The van der Waals surface area contributed by atoms with Crippen molar-refractivity contribution in [2.75, 3.05) is 20.8 Å². The summed E-state index contributed by atoms with van der Waals surface area (Å²) in [5.41, 5.74) is 1.86. The molecule has 2 aromatic rings. The zero-order chi connectivity index (χ0) is 31.3. The Morgan fingerprint density at radius 3 is 1.77 bits per heavy atom. The number of carboxylic acid groups (broad SMARTS) is 1. The van der Waals surface area contributed by atoms with Crippen molar-refractivity contribution < 1.29 is 28.9 Å². The van der Waals surface area contributed by atoms with Crippen LogP contribution in [-0.4, -0.2) is 37.7 Å². The van der Waals surface area contributed by atoms with Crippen molar-refractivity contribution in [3.8, 4) is 17.2 Å². The highest BCUT2D eigenvalue weighted by molar-refractivity contribution is 6.02. The number of ketones is 1. The highest BCUT2D eigenvalue weighted by Crippen LogP contribution is 2.37. The lowest BCUT2D eigenvalue weighted by atomic mass is 9.86. The molecule has 0 fully saturated rings. The number of aliphatic carboxylic acids is 1. The second-order valence-corrected chi connectivity index (χ2v) is 11.6. The summed E-state index contributed by atoms with van der Waals surface area (Å²) < 4.78 is 16.6. The van der Waals surface area contributed by atoms with E-state index in [9.17, 15) is 14.7 Å². The van der Waals surface area contributed by atoms with Gasteiger partial charge in [0.25, 0.3) is 0 Å². The lowest BCUT2D eigenvalue weighted by Crippen LogP contribution is -2.17. The summed E-state index contributed by atoms with van der Waals surface area (Å²) >= 11 is 0. The molecule has 6 nitrogen and oxygen atoms in total. The number of benzene rings is 2. The van der Waals surface area contributed by atoms with E-state index in [4.69, 9.17) is 14.2 Å². The van der Waals surface area contributed by atoms with Gasteiger partial charge in [0.1, 0.15) is 17.2 Å². The van der Waals surface area contributed by atoms with Crippen molar-refractivity contribution in [3.63, 3.8) is 0 Å². The molecule has 0 bridgehead atoms. The molecule has 1 atom stereocenters. The number of carbonyl (C=O) groups is 2. The summed E-state index contributed by atoms with van der Waals surface area (Å²) in [5.74, 6) is -0.196. The molecular weight excluding hydrogens is 540 g/mol. The monoisotopic (exact) mass is 596 g/mol. The van der Waals surface area contributed by atoms with E-state index in [0.717, 1.165) is 30.6 Å². The molecule has 2 rings (SSSR count). The minimum Gasteiger partial charge on any atom is -0.497 e. The van der Waals surface area contributed by atoms with Crippen LogP contribution < -0.4 is 14.2 Å². The van der Waals surface area contributed by atoms with E-state index in [1.165, 1.54) is 77.7 Å². The van der Waals surface area contributed by atoms with E-state index < -0.39 is 11.9 Å². The molecule has 0 aromatic heterocycles. The third-order valence-corrected chi connectivity index (χ3v) is 8.24. The van der Waals surface area contributed by atoms with E-state index in [2.05, 4.69) is 6.92 Å². The number of carbonyl (C=O) groups excluding carboxylic acids is 1. The van der Waals surface area contributed by atoms with E-state index in [0.29, 0.717) is 42.1 Å². The van der Waals surface area contributed by atoms with Crippen LogP contribution in [0.25, 0.3) is 0 Å². The number of Topliss-reactive ketones (excluding diaryl/α,β-unsaturated/α-hetero) is 1. The summed E-state index contributed by atoms with van der Waals surface area (Å²) in [6.45, 7) is 4.57. The van der Waals surface area contributed by atoms with Crippen molar-refractivity contribution >= 4 is 11.8 Å². The van der Waals surface area contributed by atoms with Gasteiger partial charge in [-0.05, 0) is 49.1 Å². The average Bonchev–Trinajstić information content (AvgIpc) is 3.01. The lowest BCUT2D eigenvalue weighted by Gasteiger charge is -2.20. The second kappa shape index (κ2) is 21.6. The van der Waals surface area contributed by atoms with Crippen molar-refractivity contribution in [1.29, 1.82) is 0 Å². The van der Waals surface area contributed by atoms with Crippen molar-refractivity contribution in [2.24, 2.45) is 0 Å². The Balaban J connectivity index is 1.95. The fraction of sp³-hybridized carbons (Fsp3) is 0.622. The number of hydrogen-bond donors (Lipinski definition) is 1. The summed E-state index contributed by atoms with van der Waals surface area (Å²) in [6.07, 6.45) is 18.7. The lowest BCUT2D eigenvalue weighted by molar-refractivity contribution is -0.139. The largest absolute Gasteiger partial charge is 0.497 e. The van der Waals surface area contributed by atoms with Crippen LogP contribution in [0.15, 0.2) is 36.4 Å². The Morgan fingerprint density at radius 2 is 1.28 bits per heavy atom. The molecule has 0 radical (unpaired) electrons. The molecule has 0 saturated heterocycles. The van der Waals surface area contributed by atoms with E-state index in [1.807, 2.05) is 31.2 Å². The smallest absolute Gasteiger partial charge is 0.310 e. The first-order valence-electron chi connectivity index (χ1n) is 16.7. The summed E-state index contributed by atoms with van der Waals surface area (Å²) in [6, 6.07) is 11.1. The predicted molar refractivity (Wildman–Crippen MR) is 175 cm³/mol. The van der Waals surface area contributed by atoms with Crippen LogP contribution in [0.2, 0.25) is 0 Å². The van der Waals surface area contributed by atoms with E-state index >= 15 is 0 Å². The minimum absolute atomic E-state index is 0.127. The first kappa shape index (κ1) is 36.2. The van der Waals surface area contributed by atoms with Gasteiger partial charge in [0.2, 0.25) is 0 Å². The molecule has 0 aliphatic heterocycles. The highest BCUT2D eigenvalue weighted by Gasteiger charge is 2.29. The third kappa shape index (κ3) is 13.4. The predicted octanol–water partition coefficient (Wildman–Crippen LogP) is 9.96. The summed E-state index contributed by atoms with van der Waals surface area (Å²) in [4.78, 5) is 26.1. The van der Waals surface area contributed by atoms with Gasteiger partial charge in [-0.1, -0.05) is 109 Å². The number of aryl methyl sites for hydroxylation is 1. The van der Waals surface area contributed by atoms with Gasteiger partial charge >= 0.3 is 5.97 Å². The zero-order valence-electron chi connectivity index (χ0n) is 27.3. The molecule has 0 aliphatic rings. The molecule has 240 valence electrons. The minimum atomic E-state index is -0.922. The maximum absolute atomic E-state index is 13.6. The van der Waals surface area contributed by atoms with E-state index in [-0.39, 0.29) is 12.2 Å². The zero-order valence-corrected chi connectivity index (χ0v) is 27.3. The molecule has 43 heavy (non-hydrogen) atoms. The molecule has 0 aliphatic carbocycles. The Bertz CT molecular complexity index is 1060. The van der Waals surface area contributed by atoms with Gasteiger partial charge in [-0.2, -0.15) is 0 Å². The van der Waals surface area contributed by atoms with Gasteiger partial charge in [-0.15, -0.1) is 0 Å². The van der Waals surface area contributed by atoms with Crippen molar-refractivity contribution in [3.05, 3.63) is 53.1 Å². The number of carboxylic acids is 1. The van der Waals surface area contributed by atoms with Crippen LogP contribution in [0.3, 0.4) is 0 Å². The van der Waals surface area contributed by atoms with E-state index in [1.54, 1.807) is 19.2 Å². The molecule has 0 saturated carbocycles. The van der Waals surface area contributed by atoms with Gasteiger partial charge in [0.05, 0.1) is 32.3 Å². The molecular formula is C37H56O6. The van der Waals surface area contributed by atoms with Gasteiger partial charge in [-0.3, -0.25) is 9.59 Å². The maximum Gasteiger partial charge on any atom is 0.310 e. The Hall–Kier alpha value is -3.02. The highest BCUT2D eigenvalue weighted by atomic mass is 16.5. The standard InChI is InChI=1S/C37H56O6/c1-5-7-8-9-10-11-12-13-14-15-16-17-18-19-20-32(37(39)40)33-27-31(43-6-2)28-35(42-4)36(33)34(38)26-23-29-21-24-30(41-3)25-22-29/h21-22,24-25,27-28,32H,5-20,23,26H2,1-4H3,(H,39,40). The number of unbranched alkanes of at least 4 members (excludes halogenated alkanes) is 13. The Labute approximate surface area is 260 Å². The molecule has 0 amide bonds. The first-order valence-corrected chi connectivity index (χ1v) is 16.7. The van der Waals surface area contributed by atoms with Gasteiger partial charge in [-0.25, -0.2) is 0 Å². The third-order valence-electron chi connectivity index (χ3n) is 8.24. The number of rotatable bonds is 25. The second-order valence-electron chi connectivity index (χ2n) is 11.6. The molecule has 6 heteroatoms. The average molecular weight is 597 g/mol. The number of ether oxygens (including phenoxy) is 3. The van der Waals surface area contributed by atoms with Crippen LogP contribution >= 0.6 is 0 Å². The van der Waals surface area contributed by atoms with Gasteiger partial charge in [0.15, 0.2) is 5.78 Å². The van der Waals surface area contributed by atoms with Crippen LogP contribution in [0.1, 0.15) is 144 Å². The molecule has 1 N–H and O–H groups in total. The fourth-order valence-electron chi connectivity index (χ4n) is 5.73. The molecule has 0 heterocycles. The van der Waals surface area contributed by atoms with Crippen LogP contribution in [0.5, 0.6) is 17.2 Å². The van der Waals surface area contributed by atoms with Crippen molar-refractivity contribution in [2.45, 2.75) is 129 Å². The summed E-state index contributed by atoms with van der Waals surface area (Å²) in [5, 5.41) is 10.3. The quantitative estimate of drug-likeness (QED) is 0.0907. The van der Waals surface area contributed by atoms with Gasteiger partial charge in [0, 0.05) is 12.5 Å². The van der Waals surface area contributed by atoms with Crippen LogP contribution in [0.4, 0.5) is 0 Å².